The molecule has 1 heterocycles. The third-order valence-corrected chi connectivity index (χ3v) is 15.0. The molecule has 1 atom stereocenters. The lowest BCUT2D eigenvalue weighted by atomic mass is 9.96. The van der Waals surface area contributed by atoms with Crippen molar-refractivity contribution in [2.45, 2.75) is 5.66 Å². The quantitative estimate of drug-likeness (QED) is 0.192. The number of benzene rings is 6. The van der Waals surface area contributed by atoms with Crippen molar-refractivity contribution in [2.24, 2.45) is 0 Å². The minimum atomic E-state index is -3.39. The Morgan fingerprint density at radius 1 is 0.465 bits per heavy atom. The smallest absolute Gasteiger partial charge is 0.173 e. The Morgan fingerprint density at radius 3 is 1.37 bits per heavy atom. The maximum Gasteiger partial charge on any atom is 0.173 e. The molecule has 0 fully saturated rings. The first-order valence-electron chi connectivity index (χ1n) is 14.1. The van der Waals surface area contributed by atoms with Gasteiger partial charge in [0.15, 0.2) is 14.3 Å². The number of nitrogens with one attached hydrogen (secondary N) is 1. The maximum atomic E-state index is 16.0. The van der Waals surface area contributed by atoms with Crippen LogP contribution < -0.4 is 31.8 Å². The largest absolute Gasteiger partial charge is 0.353 e. The Bertz CT molecular complexity index is 1930. The molecule has 210 valence electrons. The normalized spacial score (nSPS) is 14.3. The Balaban J connectivity index is 1.58. The van der Waals surface area contributed by atoms with Gasteiger partial charge in [0.05, 0.1) is 22.1 Å². The van der Waals surface area contributed by atoms with Gasteiger partial charge in [-0.25, -0.2) is 0 Å². The van der Waals surface area contributed by atoms with E-state index in [1.165, 1.54) is 0 Å². The van der Waals surface area contributed by atoms with Crippen LogP contribution in [0, 0.1) is 0 Å². The van der Waals surface area contributed by atoms with Crippen LogP contribution in [0.1, 0.15) is 16.8 Å². The van der Waals surface area contributed by atoms with Crippen LogP contribution >= 0.6 is 25.9 Å². The van der Waals surface area contributed by atoms with Gasteiger partial charge in [0.2, 0.25) is 0 Å². The number of fused-ring (bicyclic) bond motifs is 2. The highest BCUT2D eigenvalue weighted by atomic mass is 35.5. The van der Waals surface area contributed by atoms with Crippen molar-refractivity contribution < 1.29 is 9.13 Å². The van der Waals surface area contributed by atoms with Gasteiger partial charge in [-0.15, -0.1) is 0 Å². The second kappa shape index (κ2) is 11.2. The number of halogens is 1. The molecule has 0 saturated heterocycles. The number of rotatable bonds is 6. The van der Waals surface area contributed by atoms with Gasteiger partial charge in [-0.05, 0) is 23.3 Å². The first-order valence-corrected chi connectivity index (χ1v) is 18.0. The number of para-hydroxylation sites is 2. The van der Waals surface area contributed by atoms with E-state index in [4.69, 9.17) is 11.6 Å². The lowest BCUT2D eigenvalue weighted by molar-refractivity contribution is 0.582. The molecule has 6 aromatic rings. The number of anilines is 2. The van der Waals surface area contributed by atoms with E-state index in [0.29, 0.717) is 21.7 Å². The first-order chi connectivity index (χ1) is 21.0. The average molecular weight is 616 g/mol. The molecule has 0 bridgehead atoms. The summed E-state index contributed by atoms with van der Waals surface area (Å²) in [7, 11) is -6.77. The Kier molecular flexibility index (Phi) is 7.20. The van der Waals surface area contributed by atoms with E-state index in [2.05, 4.69) is 5.32 Å². The summed E-state index contributed by atoms with van der Waals surface area (Å²) in [5.74, 6) is 0. The van der Waals surface area contributed by atoms with Crippen LogP contribution in [0.5, 0.6) is 0 Å². The van der Waals surface area contributed by atoms with Crippen LogP contribution in [-0.4, -0.2) is 0 Å². The zero-order valence-corrected chi connectivity index (χ0v) is 25.7. The van der Waals surface area contributed by atoms with E-state index in [0.717, 1.165) is 32.3 Å². The predicted molar refractivity (Wildman–Crippen MR) is 182 cm³/mol. The molecule has 0 spiro atoms. The van der Waals surface area contributed by atoms with E-state index in [9.17, 15) is 0 Å². The van der Waals surface area contributed by atoms with Crippen LogP contribution in [-0.2, 0) is 9.13 Å². The van der Waals surface area contributed by atoms with E-state index >= 15 is 9.13 Å². The maximum absolute atomic E-state index is 16.0. The topological polar surface area (TPSA) is 46.2 Å². The summed E-state index contributed by atoms with van der Waals surface area (Å²) in [4.78, 5) is 0. The summed E-state index contributed by atoms with van der Waals surface area (Å²) in [6.07, 6.45) is 0. The fourth-order valence-electron chi connectivity index (χ4n) is 6.22. The fourth-order valence-corrected chi connectivity index (χ4v) is 12.6. The van der Waals surface area contributed by atoms with Gasteiger partial charge in [0, 0.05) is 26.5 Å². The Morgan fingerprint density at radius 2 is 0.884 bits per heavy atom. The first kappa shape index (κ1) is 27.7. The van der Waals surface area contributed by atoms with Crippen molar-refractivity contribution in [3.05, 3.63) is 174 Å². The van der Waals surface area contributed by atoms with Crippen molar-refractivity contribution >= 4 is 63.8 Å². The summed E-state index contributed by atoms with van der Waals surface area (Å²) < 4.78 is 31.6. The molecule has 0 saturated carbocycles. The summed E-state index contributed by atoms with van der Waals surface area (Å²) in [5, 5.41) is 7.75. The molecule has 7 rings (SSSR count). The Hall–Kier alpha value is -4.13. The molecule has 6 heteroatoms. The summed E-state index contributed by atoms with van der Waals surface area (Å²) in [6, 6.07) is 50.3. The molecule has 6 aromatic carbocycles. The summed E-state index contributed by atoms with van der Waals surface area (Å²) in [6.45, 7) is 0. The van der Waals surface area contributed by atoms with Crippen molar-refractivity contribution in [1.29, 1.82) is 0 Å². The molecule has 0 amide bonds. The van der Waals surface area contributed by atoms with Gasteiger partial charge >= 0.3 is 0 Å². The molecule has 3 nitrogen and oxygen atoms in total. The zero-order chi connectivity index (χ0) is 29.4. The number of hydrogen-bond donors (Lipinski definition) is 1. The fraction of sp³-hybridized carbons (Fsp3) is 0.0270. The second-order valence-electron chi connectivity index (χ2n) is 10.6. The highest BCUT2D eigenvalue weighted by Gasteiger charge is 2.45. The Labute approximate surface area is 257 Å². The SMILES string of the molecule is O=P(c1ccccc1)(c1ccccc1)c1cccc2c1Nc1c(Cl)cccc1C2P(=O)(c1ccccc1)c1ccccc1. The van der Waals surface area contributed by atoms with Gasteiger partial charge in [-0.1, -0.05) is 157 Å². The van der Waals surface area contributed by atoms with Gasteiger partial charge < -0.3 is 14.4 Å². The summed E-state index contributed by atoms with van der Waals surface area (Å²) >= 11 is 6.90. The standard InChI is InChI=1S/C37H28ClNO2P2/c38-33-25-13-23-31-35(33)39-36-32(37(31)43(41,29-19-9-3-10-20-29)30-21-11-4-12-22-30)24-14-26-34(36)42(40,27-15-5-1-6-16-27)28-17-7-2-8-18-28/h1-26,37,39H. The van der Waals surface area contributed by atoms with Crippen molar-refractivity contribution in [1.82, 2.24) is 0 Å². The molecule has 0 radical (unpaired) electrons. The molecule has 1 N–H and O–H groups in total. The van der Waals surface area contributed by atoms with Crippen molar-refractivity contribution in [2.75, 3.05) is 5.32 Å². The van der Waals surface area contributed by atoms with Crippen molar-refractivity contribution in [3.63, 3.8) is 0 Å². The summed E-state index contributed by atoms with van der Waals surface area (Å²) in [5.41, 5.74) is 2.49. The zero-order valence-electron chi connectivity index (χ0n) is 23.2. The molecular weight excluding hydrogens is 588 g/mol. The minimum absolute atomic E-state index is 0.518. The lowest BCUT2D eigenvalue weighted by Gasteiger charge is -2.37. The monoisotopic (exact) mass is 615 g/mol. The third kappa shape index (κ3) is 4.52. The van der Waals surface area contributed by atoms with Crippen LogP contribution in [0.4, 0.5) is 11.4 Å². The van der Waals surface area contributed by atoms with Gasteiger partial charge in [-0.2, -0.15) is 0 Å². The van der Waals surface area contributed by atoms with Crippen LogP contribution in [0.25, 0.3) is 0 Å². The van der Waals surface area contributed by atoms with Crippen LogP contribution in [0.2, 0.25) is 5.02 Å². The molecule has 1 aliphatic rings. The lowest BCUT2D eigenvalue weighted by Crippen LogP contribution is -2.31. The van der Waals surface area contributed by atoms with Crippen LogP contribution in [0.15, 0.2) is 158 Å². The predicted octanol–water partition coefficient (Wildman–Crippen LogP) is 8.14. The van der Waals surface area contributed by atoms with E-state index in [1.54, 1.807) is 0 Å². The molecule has 1 aliphatic heterocycles. The molecule has 43 heavy (non-hydrogen) atoms. The van der Waals surface area contributed by atoms with E-state index in [-0.39, 0.29) is 0 Å². The molecule has 1 unspecified atom stereocenters. The third-order valence-electron chi connectivity index (χ3n) is 8.18. The van der Waals surface area contributed by atoms with Gasteiger partial charge in [0.1, 0.15) is 0 Å². The minimum Gasteiger partial charge on any atom is -0.353 e. The molecule has 0 aromatic heterocycles. The highest BCUT2D eigenvalue weighted by molar-refractivity contribution is 7.85. The molecule has 0 aliphatic carbocycles. The van der Waals surface area contributed by atoms with Crippen molar-refractivity contribution in [3.8, 4) is 0 Å². The average Bonchev–Trinajstić information content (AvgIpc) is 3.08. The second-order valence-corrected chi connectivity index (χ2v) is 16.6. The van der Waals surface area contributed by atoms with E-state index < -0.39 is 19.9 Å². The molecular formula is C37H28ClNO2P2. The highest BCUT2D eigenvalue weighted by Crippen LogP contribution is 2.65. The van der Waals surface area contributed by atoms with E-state index in [1.807, 2.05) is 158 Å². The van der Waals surface area contributed by atoms with Crippen LogP contribution in [0.3, 0.4) is 0 Å². The van der Waals surface area contributed by atoms with Gasteiger partial charge in [-0.3, -0.25) is 0 Å². The van der Waals surface area contributed by atoms with Gasteiger partial charge in [0.25, 0.3) is 0 Å². The number of hydrogen-bond acceptors (Lipinski definition) is 3.